The number of benzene rings is 1. The van der Waals surface area contributed by atoms with Gasteiger partial charge in [-0.1, -0.05) is 17.7 Å². The van der Waals surface area contributed by atoms with E-state index in [0.29, 0.717) is 27.7 Å². The fourth-order valence-electron chi connectivity index (χ4n) is 3.10. The lowest BCUT2D eigenvalue weighted by Gasteiger charge is -2.07. The molecule has 30 heavy (non-hydrogen) atoms. The Labute approximate surface area is 175 Å². The SMILES string of the molecule is O=C(Nc1ccc(Cl)c(-c2nc3ncc(-c4cccnc4)cc3[nH]2)c1)c1ccco1. The zero-order valence-corrected chi connectivity index (χ0v) is 16.2. The maximum Gasteiger partial charge on any atom is 0.291 e. The summed E-state index contributed by atoms with van der Waals surface area (Å²) in [6.45, 7) is 0. The van der Waals surface area contributed by atoms with Gasteiger partial charge in [-0.25, -0.2) is 9.97 Å². The fraction of sp³-hybridized carbons (Fsp3) is 0. The van der Waals surface area contributed by atoms with E-state index in [9.17, 15) is 4.79 Å². The van der Waals surface area contributed by atoms with E-state index in [0.717, 1.165) is 16.6 Å². The van der Waals surface area contributed by atoms with Gasteiger partial charge in [-0.05, 0) is 42.5 Å². The van der Waals surface area contributed by atoms with E-state index in [2.05, 4.69) is 25.3 Å². The Morgan fingerprint density at radius 2 is 2.00 bits per heavy atom. The van der Waals surface area contributed by atoms with Gasteiger partial charge < -0.3 is 14.7 Å². The molecule has 0 radical (unpaired) electrons. The molecule has 0 fully saturated rings. The van der Waals surface area contributed by atoms with Gasteiger partial charge in [0.05, 0.1) is 16.8 Å². The van der Waals surface area contributed by atoms with Crippen LogP contribution in [0, 0.1) is 0 Å². The molecule has 7 nitrogen and oxygen atoms in total. The Balaban J connectivity index is 1.49. The Morgan fingerprint density at radius 3 is 2.80 bits per heavy atom. The second-order valence-corrected chi connectivity index (χ2v) is 6.96. The predicted octanol–water partition coefficient (Wildman–Crippen LogP) is 5.19. The third kappa shape index (κ3) is 3.42. The summed E-state index contributed by atoms with van der Waals surface area (Å²) in [5.41, 5.74) is 4.45. The number of hydrogen-bond acceptors (Lipinski definition) is 5. The summed E-state index contributed by atoms with van der Waals surface area (Å²) in [4.78, 5) is 28.6. The van der Waals surface area contributed by atoms with Crippen molar-refractivity contribution in [1.29, 1.82) is 0 Å². The number of carbonyl (C=O) groups is 1. The first-order valence-electron chi connectivity index (χ1n) is 9.08. The molecule has 2 N–H and O–H groups in total. The van der Waals surface area contributed by atoms with Crippen LogP contribution in [0.1, 0.15) is 10.6 Å². The molecule has 8 heteroatoms. The third-order valence-electron chi connectivity index (χ3n) is 4.56. The number of hydrogen-bond donors (Lipinski definition) is 2. The summed E-state index contributed by atoms with van der Waals surface area (Å²) in [5.74, 6) is 0.433. The second-order valence-electron chi connectivity index (χ2n) is 6.55. The van der Waals surface area contributed by atoms with Gasteiger partial charge in [0.15, 0.2) is 11.4 Å². The van der Waals surface area contributed by atoms with Crippen molar-refractivity contribution in [2.75, 3.05) is 5.32 Å². The largest absolute Gasteiger partial charge is 0.459 e. The first kappa shape index (κ1) is 18.1. The summed E-state index contributed by atoms with van der Waals surface area (Å²) in [5, 5.41) is 3.29. The topological polar surface area (TPSA) is 96.7 Å². The van der Waals surface area contributed by atoms with Crippen molar-refractivity contribution < 1.29 is 9.21 Å². The van der Waals surface area contributed by atoms with Gasteiger partial charge in [-0.3, -0.25) is 9.78 Å². The smallest absolute Gasteiger partial charge is 0.291 e. The number of nitrogens with zero attached hydrogens (tertiary/aromatic N) is 3. The summed E-state index contributed by atoms with van der Waals surface area (Å²) in [6.07, 6.45) is 6.71. The summed E-state index contributed by atoms with van der Waals surface area (Å²) in [6, 6.07) is 14.2. The summed E-state index contributed by atoms with van der Waals surface area (Å²) >= 11 is 6.40. The van der Waals surface area contributed by atoms with Crippen molar-refractivity contribution >= 4 is 34.4 Å². The Morgan fingerprint density at radius 1 is 1.07 bits per heavy atom. The number of rotatable bonds is 4. The molecular weight excluding hydrogens is 402 g/mol. The number of imidazole rings is 1. The lowest BCUT2D eigenvalue weighted by Crippen LogP contribution is -2.10. The van der Waals surface area contributed by atoms with Gasteiger partial charge in [0.2, 0.25) is 0 Å². The first-order valence-corrected chi connectivity index (χ1v) is 9.46. The van der Waals surface area contributed by atoms with Crippen LogP contribution >= 0.6 is 11.6 Å². The first-order chi connectivity index (χ1) is 14.7. The number of H-pyrrole nitrogens is 1. The molecule has 0 unspecified atom stereocenters. The van der Waals surface area contributed by atoms with Crippen LogP contribution in [0.2, 0.25) is 5.02 Å². The number of anilines is 1. The lowest BCUT2D eigenvalue weighted by atomic mass is 10.1. The maximum absolute atomic E-state index is 12.2. The number of fused-ring (bicyclic) bond motifs is 1. The van der Waals surface area contributed by atoms with Crippen LogP contribution in [-0.4, -0.2) is 25.8 Å². The zero-order chi connectivity index (χ0) is 20.5. The van der Waals surface area contributed by atoms with Gasteiger partial charge in [-0.2, -0.15) is 0 Å². The van der Waals surface area contributed by atoms with Gasteiger partial charge >= 0.3 is 0 Å². The van der Waals surface area contributed by atoms with Crippen LogP contribution in [0.4, 0.5) is 5.69 Å². The number of aromatic amines is 1. The molecule has 0 atom stereocenters. The molecule has 4 aromatic heterocycles. The van der Waals surface area contributed by atoms with Crippen molar-refractivity contribution in [3.63, 3.8) is 0 Å². The van der Waals surface area contributed by atoms with Crippen molar-refractivity contribution in [1.82, 2.24) is 19.9 Å². The highest BCUT2D eigenvalue weighted by atomic mass is 35.5. The van der Waals surface area contributed by atoms with Gasteiger partial charge in [0.25, 0.3) is 5.91 Å². The molecular formula is C22H14ClN5O2. The van der Waals surface area contributed by atoms with Crippen molar-refractivity contribution in [3.05, 3.63) is 84.2 Å². The van der Waals surface area contributed by atoms with Gasteiger partial charge in [0.1, 0.15) is 5.82 Å². The molecule has 0 saturated heterocycles. The van der Waals surface area contributed by atoms with Gasteiger partial charge in [-0.15, -0.1) is 0 Å². The maximum atomic E-state index is 12.2. The van der Waals surface area contributed by atoms with E-state index in [-0.39, 0.29) is 11.7 Å². The minimum Gasteiger partial charge on any atom is -0.459 e. The highest BCUT2D eigenvalue weighted by molar-refractivity contribution is 6.33. The molecule has 0 bridgehead atoms. The van der Waals surface area contributed by atoms with E-state index >= 15 is 0 Å². The molecule has 0 aliphatic heterocycles. The minimum atomic E-state index is -0.347. The number of halogens is 1. The van der Waals surface area contributed by atoms with E-state index in [1.807, 2.05) is 18.2 Å². The standard InChI is InChI=1S/C22H14ClN5O2/c23-17-6-5-15(26-22(29)19-4-2-8-30-19)10-16(17)20-27-18-9-14(12-25-21(18)28-20)13-3-1-7-24-11-13/h1-12H,(H,26,29)(H,25,27,28). The molecule has 0 saturated carbocycles. The molecule has 5 rings (SSSR count). The van der Waals surface area contributed by atoms with E-state index < -0.39 is 0 Å². The normalized spacial score (nSPS) is 11.0. The summed E-state index contributed by atoms with van der Waals surface area (Å²) < 4.78 is 5.12. The molecule has 1 aromatic carbocycles. The highest BCUT2D eigenvalue weighted by Crippen LogP contribution is 2.31. The Hall–Kier alpha value is -3.97. The van der Waals surface area contributed by atoms with Crippen LogP contribution in [0.5, 0.6) is 0 Å². The molecule has 0 aliphatic rings. The van der Waals surface area contributed by atoms with Crippen LogP contribution in [0.15, 0.2) is 77.8 Å². The number of carbonyl (C=O) groups excluding carboxylic acids is 1. The van der Waals surface area contributed by atoms with Crippen LogP contribution < -0.4 is 5.32 Å². The number of aromatic nitrogens is 4. The summed E-state index contributed by atoms with van der Waals surface area (Å²) in [7, 11) is 0. The average molecular weight is 416 g/mol. The van der Waals surface area contributed by atoms with Crippen molar-refractivity contribution in [2.24, 2.45) is 0 Å². The fourth-order valence-corrected chi connectivity index (χ4v) is 3.31. The zero-order valence-electron chi connectivity index (χ0n) is 15.5. The molecule has 1 amide bonds. The second kappa shape index (κ2) is 7.46. The monoisotopic (exact) mass is 415 g/mol. The van der Waals surface area contributed by atoms with Crippen molar-refractivity contribution in [2.45, 2.75) is 0 Å². The molecule has 4 heterocycles. The van der Waals surface area contributed by atoms with Crippen LogP contribution in [-0.2, 0) is 0 Å². The van der Waals surface area contributed by atoms with E-state index in [1.165, 1.54) is 6.26 Å². The average Bonchev–Trinajstić information content (AvgIpc) is 3.45. The molecule has 0 aliphatic carbocycles. The van der Waals surface area contributed by atoms with Gasteiger partial charge in [0, 0.05) is 41.0 Å². The Bertz CT molecular complexity index is 1350. The molecule has 0 spiro atoms. The number of pyridine rings is 2. The number of nitrogens with one attached hydrogen (secondary N) is 2. The quantitative estimate of drug-likeness (QED) is 0.421. The molecule has 5 aromatic rings. The lowest BCUT2D eigenvalue weighted by molar-refractivity contribution is 0.0996. The van der Waals surface area contributed by atoms with Crippen LogP contribution in [0.25, 0.3) is 33.7 Å². The van der Waals surface area contributed by atoms with Crippen LogP contribution in [0.3, 0.4) is 0 Å². The predicted molar refractivity (Wildman–Crippen MR) is 114 cm³/mol. The van der Waals surface area contributed by atoms with E-state index in [4.69, 9.17) is 16.0 Å². The minimum absolute atomic E-state index is 0.224. The van der Waals surface area contributed by atoms with Crippen molar-refractivity contribution in [3.8, 4) is 22.5 Å². The Kier molecular flexibility index (Phi) is 4.49. The number of furan rings is 1. The highest BCUT2D eigenvalue weighted by Gasteiger charge is 2.14. The number of amides is 1. The molecule has 146 valence electrons. The third-order valence-corrected chi connectivity index (χ3v) is 4.89. The van der Waals surface area contributed by atoms with E-state index in [1.54, 1.807) is 48.9 Å².